The Balaban J connectivity index is 2.12. The maximum absolute atomic E-state index is 13.3. The summed E-state index contributed by atoms with van der Waals surface area (Å²) in [5.41, 5.74) is 4.65. The molecule has 0 aromatic heterocycles. The lowest BCUT2D eigenvalue weighted by molar-refractivity contribution is -0.139. The monoisotopic (exact) mass is 428 g/mol. The lowest BCUT2D eigenvalue weighted by Crippen LogP contribution is -2.33. The highest BCUT2D eigenvalue weighted by molar-refractivity contribution is 6.21. The van der Waals surface area contributed by atoms with E-state index in [-0.39, 0.29) is 23.8 Å². The highest BCUT2D eigenvalue weighted by atomic mass is 16.5. The van der Waals surface area contributed by atoms with Gasteiger partial charge in [0.15, 0.2) is 0 Å². The van der Waals surface area contributed by atoms with E-state index in [9.17, 15) is 9.59 Å². The Morgan fingerprint density at radius 2 is 1.03 bits per heavy atom. The molecular formula is C28H28O4. The van der Waals surface area contributed by atoms with Crippen molar-refractivity contribution in [3.8, 4) is 0 Å². The Morgan fingerprint density at radius 3 is 1.38 bits per heavy atom. The number of carbonyl (C=O) groups is 2. The number of rotatable bonds is 4. The van der Waals surface area contributed by atoms with Crippen LogP contribution < -0.4 is 0 Å². The minimum Gasteiger partial charge on any atom is -0.466 e. The molecule has 0 amide bonds. The molecule has 2 aromatic rings. The number of benzene rings is 2. The molecule has 0 bridgehead atoms. The zero-order chi connectivity index (χ0) is 22.5. The average molecular weight is 429 g/mol. The van der Waals surface area contributed by atoms with Crippen molar-refractivity contribution >= 4 is 23.1 Å². The lowest BCUT2D eigenvalue weighted by atomic mass is 9.65. The Hall–Kier alpha value is -3.40. The summed E-state index contributed by atoms with van der Waals surface area (Å²) < 4.78 is 10.6. The molecule has 0 saturated heterocycles. The maximum Gasteiger partial charge on any atom is 0.334 e. The largest absolute Gasteiger partial charge is 0.466 e. The molecular weight excluding hydrogens is 400 g/mol. The maximum atomic E-state index is 13.3. The van der Waals surface area contributed by atoms with Crippen LogP contribution in [0.15, 0.2) is 84.0 Å². The van der Waals surface area contributed by atoms with Gasteiger partial charge in [0.05, 0.1) is 14.2 Å². The van der Waals surface area contributed by atoms with Gasteiger partial charge in [-0.25, -0.2) is 9.59 Å². The summed E-state index contributed by atoms with van der Waals surface area (Å²) in [5, 5.41) is 0. The van der Waals surface area contributed by atoms with E-state index < -0.39 is 0 Å². The van der Waals surface area contributed by atoms with Gasteiger partial charge in [-0.2, -0.15) is 0 Å². The predicted molar refractivity (Wildman–Crippen MR) is 125 cm³/mol. The number of esters is 2. The molecule has 32 heavy (non-hydrogen) atoms. The third-order valence-corrected chi connectivity index (χ3v) is 6.41. The Morgan fingerprint density at radius 1 is 0.656 bits per heavy atom. The second-order valence-electron chi connectivity index (χ2n) is 8.13. The van der Waals surface area contributed by atoms with Crippen LogP contribution in [0.1, 0.15) is 36.8 Å². The molecule has 0 N–H and O–H groups in total. The summed E-state index contributed by atoms with van der Waals surface area (Å²) in [7, 11) is 2.86. The minimum absolute atomic E-state index is 0.121. The summed E-state index contributed by atoms with van der Waals surface area (Å²) in [6.45, 7) is 0. The van der Waals surface area contributed by atoms with Crippen molar-refractivity contribution in [1.82, 2.24) is 0 Å². The van der Waals surface area contributed by atoms with Gasteiger partial charge in [0.2, 0.25) is 0 Å². The van der Waals surface area contributed by atoms with E-state index in [0.29, 0.717) is 11.1 Å². The zero-order valence-corrected chi connectivity index (χ0v) is 18.5. The first-order valence-electron chi connectivity index (χ1n) is 11.1. The number of ether oxygens (including phenoxy) is 2. The van der Waals surface area contributed by atoms with E-state index >= 15 is 0 Å². The van der Waals surface area contributed by atoms with Gasteiger partial charge >= 0.3 is 11.9 Å². The summed E-state index contributed by atoms with van der Waals surface area (Å²) in [6.07, 6.45) is 7.57. The Bertz CT molecular complexity index is 989. The number of allylic oxidation sites excluding steroid dienone is 4. The van der Waals surface area contributed by atoms with Crippen LogP contribution >= 0.6 is 0 Å². The molecule has 4 heteroatoms. The fourth-order valence-corrected chi connectivity index (χ4v) is 5.06. The number of hydrogen-bond acceptors (Lipinski definition) is 4. The van der Waals surface area contributed by atoms with Crippen LogP contribution in [0.2, 0.25) is 0 Å². The number of fused-ring (bicyclic) bond motifs is 1. The van der Waals surface area contributed by atoms with Crippen molar-refractivity contribution in [1.29, 1.82) is 0 Å². The van der Waals surface area contributed by atoms with E-state index in [1.807, 2.05) is 60.7 Å². The first-order valence-corrected chi connectivity index (χ1v) is 11.1. The molecule has 2 aromatic carbocycles. The Kier molecular flexibility index (Phi) is 6.69. The van der Waals surface area contributed by atoms with E-state index in [4.69, 9.17) is 9.47 Å². The molecule has 0 radical (unpaired) electrons. The normalized spacial score (nSPS) is 21.8. The summed E-state index contributed by atoms with van der Waals surface area (Å²) >= 11 is 0. The topological polar surface area (TPSA) is 52.6 Å². The van der Waals surface area contributed by atoms with E-state index in [1.54, 1.807) is 0 Å². The van der Waals surface area contributed by atoms with Gasteiger partial charge in [0.1, 0.15) is 0 Å². The summed E-state index contributed by atoms with van der Waals surface area (Å²) in [6, 6.07) is 19.6. The molecule has 0 aliphatic heterocycles. The average Bonchev–Trinajstić information content (AvgIpc) is 2.83. The first-order chi connectivity index (χ1) is 15.7. The molecule has 4 rings (SSSR count). The molecule has 164 valence electrons. The number of carbonyl (C=O) groups excluding carboxylic acids is 2. The van der Waals surface area contributed by atoms with Crippen LogP contribution in [0.5, 0.6) is 0 Å². The van der Waals surface area contributed by atoms with Gasteiger partial charge in [-0.15, -0.1) is 0 Å². The summed E-state index contributed by atoms with van der Waals surface area (Å²) in [5.74, 6) is -0.908. The number of hydrogen-bond donors (Lipinski definition) is 0. The van der Waals surface area contributed by atoms with Gasteiger partial charge in [-0.1, -0.05) is 72.8 Å². The van der Waals surface area contributed by atoms with Crippen LogP contribution in [-0.4, -0.2) is 26.2 Å². The molecule has 0 fully saturated rings. The Labute approximate surface area is 189 Å². The smallest absolute Gasteiger partial charge is 0.334 e. The van der Waals surface area contributed by atoms with Crippen molar-refractivity contribution in [2.45, 2.75) is 25.7 Å². The van der Waals surface area contributed by atoms with Crippen LogP contribution in [0.25, 0.3) is 11.1 Å². The van der Waals surface area contributed by atoms with Gasteiger partial charge in [-0.05, 0) is 48.6 Å². The second kappa shape index (κ2) is 9.82. The number of methoxy groups -OCH3 is 2. The van der Waals surface area contributed by atoms with Crippen molar-refractivity contribution in [2.75, 3.05) is 14.2 Å². The third kappa shape index (κ3) is 4.05. The minimum atomic E-state index is -0.333. The van der Waals surface area contributed by atoms with Crippen LogP contribution in [0.4, 0.5) is 0 Å². The fourth-order valence-electron chi connectivity index (χ4n) is 5.06. The van der Waals surface area contributed by atoms with Crippen molar-refractivity contribution < 1.29 is 19.1 Å². The van der Waals surface area contributed by atoms with Gasteiger partial charge in [0.25, 0.3) is 0 Å². The summed E-state index contributed by atoms with van der Waals surface area (Å²) in [4.78, 5) is 26.6. The molecule has 2 unspecified atom stereocenters. The highest BCUT2D eigenvalue weighted by Gasteiger charge is 2.43. The molecule has 2 aliphatic carbocycles. The second-order valence-corrected chi connectivity index (χ2v) is 8.13. The van der Waals surface area contributed by atoms with Gasteiger partial charge < -0.3 is 9.47 Å². The highest BCUT2D eigenvalue weighted by Crippen LogP contribution is 2.51. The predicted octanol–water partition coefficient (Wildman–Crippen LogP) is 5.62. The van der Waals surface area contributed by atoms with Crippen molar-refractivity contribution in [3.05, 3.63) is 95.1 Å². The lowest BCUT2D eigenvalue weighted by Gasteiger charge is -2.38. The van der Waals surface area contributed by atoms with E-state index in [2.05, 4.69) is 12.2 Å². The molecule has 0 spiro atoms. The van der Waals surface area contributed by atoms with Crippen molar-refractivity contribution in [2.24, 2.45) is 11.8 Å². The first kappa shape index (κ1) is 21.8. The van der Waals surface area contributed by atoms with Crippen LogP contribution in [-0.2, 0) is 19.1 Å². The molecule has 2 atom stereocenters. The van der Waals surface area contributed by atoms with Crippen molar-refractivity contribution in [3.63, 3.8) is 0 Å². The standard InChI is InChI=1S/C28H28O4/c1-31-27(29)25-21-17-11-3-4-12-18-22(21)26(28(30)32-2)24(20-15-9-6-10-16-20)23(25)19-13-7-5-8-14-19/h3-10,13-16,21-22H,11-12,17-18H2,1-2H3/b4-3-. The zero-order valence-electron chi connectivity index (χ0n) is 18.5. The van der Waals surface area contributed by atoms with Gasteiger partial charge in [0, 0.05) is 22.3 Å². The van der Waals surface area contributed by atoms with Crippen LogP contribution in [0, 0.1) is 11.8 Å². The van der Waals surface area contributed by atoms with Gasteiger partial charge in [-0.3, -0.25) is 0 Å². The SMILES string of the molecule is COC(=O)C1=C(c2ccccc2)C(c2ccccc2)=C(C(=O)OC)C2CC/C=C\CCC12. The molecule has 4 nitrogen and oxygen atoms in total. The van der Waals surface area contributed by atoms with Crippen LogP contribution in [0.3, 0.4) is 0 Å². The van der Waals surface area contributed by atoms with E-state index in [1.165, 1.54) is 14.2 Å². The molecule has 0 saturated carbocycles. The molecule has 2 aliphatic rings. The quantitative estimate of drug-likeness (QED) is 0.469. The molecule has 0 heterocycles. The third-order valence-electron chi connectivity index (χ3n) is 6.41. The van der Waals surface area contributed by atoms with E-state index in [0.717, 1.165) is 48.0 Å². The fraction of sp³-hybridized carbons (Fsp3) is 0.286.